The van der Waals surface area contributed by atoms with Crippen LogP contribution in [0.1, 0.15) is 11.4 Å². The molecule has 0 saturated heterocycles. The van der Waals surface area contributed by atoms with E-state index in [0.29, 0.717) is 5.69 Å². The maximum absolute atomic E-state index is 8.97. The Kier molecular flexibility index (Phi) is 2.26. The van der Waals surface area contributed by atoms with Gasteiger partial charge >= 0.3 is 0 Å². The fourth-order valence-electron chi connectivity index (χ4n) is 1.57. The first-order valence-corrected chi connectivity index (χ1v) is 4.60. The average Bonchev–Trinajstić information content (AvgIpc) is 2.27. The Balaban J connectivity index is 2.81. The Labute approximate surface area is 87.9 Å². The molecule has 1 heterocycles. The Bertz CT molecular complexity index is 555. The number of aromatic nitrogens is 1. The van der Waals surface area contributed by atoms with Crippen molar-refractivity contribution in [3.8, 4) is 11.8 Å². The maximum Gasteiger partial charge on any atom is 0.148 e. The molecule has 0 amide bonds. The van der Waals surface area contributed by atoms with Gasteiger partial charge in [0.1, 0.15) is 17.5 Å². The zero-order valence-corrected chi connectivity index (χ0v) is 8.61. The van der Waals surface area contributed by atoms with Gasteiger partial charge < -0.3 is 4.74 Å². The molecule has 0 aliphatic carbocycles. The maximum atomic E-state index is 8.97. The molecule has 74 valence electrons. The molecule has 0 saturated carbocycles. The summed E-state index contributed by atoms with van der Waals surface area (Å²) in [5.41, 5.74) is 1.30. The molecular formula is C12H10N2O. The number of aryl methyl sites for hydroxylation is 1. The number of fused-ring (bicyclic) bond motifs is 1. The van der Waals surface area contributed by atoms with E-state index in [9.17, 15) is 0 Å². The lowest BCUT2D eigenvalue weighted by Crippen LogP contribution is -1.90. The average molecular weight is 198 g/mol. The van der Waals surface area contributed by atoms with E-state index in [1.807, 2.05) is 31.2 Å². The van der Waals surface area contributed by atoms with Gasteiger partial charge in [-0.25, -0.2) is 4.98 Å². The van der Waals surface area contributed by atoms with Crippen LogP contribution in [-0.4, -0.2) is 12.1 Å². The standard InChI is InChI=1S/C12H10N2O/c1-8-5-9-3-4-10(15-2)6-11(9)12(7-13)14-8/h3-6H,1-2H3. The Hall–Kier alpha value is -2.08. The van der Waals surface area contributed by atoms with Crippen molar-refractivity contribution in [2.45, 2.75) is 6.92 Å². The molecular weight excluding hydrogens is 188 g/mol. The van der Waals surface area contributed by atoms with Crippen LogP contribution in [0.3, 0.4) is 0 Å². The second-order valence-electron chi connectivity index (χ2n) is 3.31. The minimum Gasteiger partial charge on any atom is -0.497 e. The lowest BCUT2D eigenvalue weighted by atomic mass is 10.1. The van der Waals surface area contributed by atoms with E-state index in [-0.39, 0.29) is 0 Å². The van der Waals surface area contributed by atoms with Crippen molar-refractivity contribution >= 4 is 10.8 Å². The Morgan fingerprint density at radius 3 is 2.80 bits per heavy atom. The van der Waals surface area contributed by atoms with Crippen LogP contribution in [0.15, 0.2) is 24.3 Å². The monoisotopic (exact) mass is 198 g/mol. The van der Waals surface area contributed by atoms with Gasteiger partial charge in [-0.05, 0) is 30.5 Å². The molecule has 0 radical (unpaired) electrons. The van der Waals surface area contributed by atoms with Crippen LogP contribution < -0.4 is 4.74 Å². The highest BCUT2D eigenvalue weighted by molar-refractivity contribution is 5.88. The minimum absolute atomic E-state index is 0.448. The van der Waals surface area contributed by atoms with Crippen molar-refractivity contribution < 1.29 is 4.74 Å². The molecule has 1 aromatic heterocycles. The van der Waals surface area contributed by atoms with Crippen LogP contribution in [0.4, 0.5) is 0 Å². The quantitative estimate of drug-likeness (QED) is 0.706. The minimum atomic E-state index is 0.448. The number of hydrogen-bond acceptors (Lipinski definition) is 3. The summed E-state index contributed by atoms with van der Waals surface area (Å²) in [4.78, 5) is 4.18. The predicted molar refractivity (Wildman–Crippen MR) is 57.7 cm³/mol. The molecule has 2 aromatic rings. The van der Waals surface area contributed by atoms with Crippen LogP contribution in [0.5, 0.6) is 5.75 Å². The molecule has 0 spiro atoms. The normalized spacial score (nSPS) is 9.93. The lowest BCUT2D eigenvalue weighted by Gasteiger charge is -2.04. The molecule has 0 fully saturated rings. The van der Waals surface area contributed by atoms with Crippen molar-refractivity contribution in [3.63, 3.8) is 0 Å². The topological polar surface area (TPSA) is 45.9 Å². The fourth-order valence-corrected chi connectivity index (χ4v) is 1.57. The van der Waals surface area contributed by atoms with Gasteiger partial charge in [0.05, 0.1) is 7.11 Å². The van der Waals surface area contributed by atoms with Gasteiger partial charge in [-0.3, -0.25) is 0 Å². The highest BCUT2D eigenvalue weighted by atomic mass is 16.5. The molecule has 0 bridgehead atoms. The second kappa shape index (κ2) is 3.58. The molecule has 0 aliphatic heterocycles. The first-order chi connectivity index (χ1) is 7.24. The molecule has 3 nitrogen and oxygen atoms in total. The van der Waals surface area contributed by atoms with E-state index in [1.54, 1.807) is 7.11 Å². The van der Waals surface area contributed by atoms with Crippen LogP contribution in [0.25, 0.3) is 10.8 Å². The first-order valence-electron chi connectivity index (χ1n) is 4.60. The summed E-state index contributed by atoms with van der Waals surface area (Å²) in [6.45, 7) is 1.88. The molecule has 0 atom stereocenters. The van der Waals surface area contributed by atoms with E-state index < -0.39 is 0 Å². The number of methoxy groups -OCH3 is 1. The number of ether oxygens (including phenoxy) is 1. The summed E-state index contributed by atoms with van der Waals surface area (Å²) in [6, 6.07) is 9.70. The molecule has 2 rings (SSSR count). The largest absolute Gasteiger partial charge is 0.497 e. The number of nitriles is 1. The highest BCUT2D eigenvalue weighted by Gasteiger charge is 2.04. The third-order valence-electron chi connectivity index (χ3n) is 2.27. The van der Waals surface area contributed by atoms with Crippen molar-refractivity contribution in [1.29, 1.82) is 5.26 Å². The van der Waals surface area contributed by atoms with Gasteiger partial charge in [0.15, 0.2) is 0 Å². The van der Waals surface area contributed by atoms with Crippen molar-refractivity contribution in [2.75, 3.05) is 7.11 Å². The summed E-state index contributed by atoms with van der Waals surface area (Å²) in [5.74, 6) is 0.740. The van der Waals surface area contributed by atoms with Gasteiger partial charge in [0.2, 0.25) is 0 Å². The molecule has 0 unspecified atom stereocenters. The number of nitrogens with zero attached hydrogens (tertiary/aromatic N) is 2. The third kappa shape index (κ3) is 1.62. The summed E-state index contributed by atoms with van der Waals surface area (Å²) < 4.78 is 5.11. The molecule has 15 heavy (non-hydrogen) atoms. The van der Waals surface area contributed by atoms with Crippen molar-refractivity contribution in [1.82, 2.24) is 4.98 Å². The summed E-state index contributed by atoms with van der Waals surface area (Å²) in [5, 5.41) is 10.8. The van der Waals surface area contributed by atoms with E-state index >= 15 is 0 Å². The van der Waals surface area contributed by atoms with E-state index in [4.69, 9.17) is 10.00 Å². The SMILES string of the molecule is COc1ccc2cc(C)nc(C#N)c2c1. The predicted octanol–water partition coefficient (Wildman–Crippen LogP) is 2.42. The fraction of sp³-hybridized carbons (Fsp3) is 0.167. The van der Waals surface area contributed by atoms with E-state index in [1.165, 1.54) is 0 Å². The zero-order valence-electron chi connectivity index (χ0n) is 8.61. The molecule has 1 aromatic carbocycles. The smallest absolute Gasteiger partial charge is 0.148 e. The number of pyridine rings is 1. The summed E-state index contributed by atoms with van der Waals surface area (Å²) in [6.07, 6.45) is 0. The molecule has 0 N–H and O–H groups in total. The van der Waals surface area contributed by atoms with Crippen LogP contribution in [0, 0.1) is 18.3 Å². The number of rotatable bonds is 1. The zero-order chi connectivity index (χ0) is 10.8. The van der Waals surface area contributed by atoms with Gasteiger partial charge in [-0.15, -0.1) is 0 Å². The van der Waals surface area contributed by atoms with Crippen LogP contribution >= 0.6 is 0 Å². The number of hydrogen-bond donors (Lipinski definition) is 0. The van der Waals surface area contributed by atoms with Gasteiger partial charge in [-0.1, -0.05) is 6.07 Å². The summed E-state index contributed by atoms with van der Waals surface area (Å²) in [7, 11) is 1.61. The van der Waals surface area contributed by atoms with Gasteiger partial charge in [-0.2, -0.15) is 5.26 Å². The first kappa shape index (κ1) is 9.47. The Morgan fingerprint density at radius 2 is 2.13 bits per heavy atom. The Morgan fingerprint density at radius 1 is 1.33 bits per heavy atom. The van der Waals surface area contributed by atoms with Crippen molar-refractivity contribution in [3.05, 3.63) is 35.7 Å². The summed E-state index contributed by atoms with van der Waals surface area (Å²) >= 11 is 0. The van der Waals surface area contributed by atoms with E-state index in [2.05, 4.69) is 11.1 Å². The highest BCUT2D eigenvalue weighted by Crippen LogP contribution is 2.23. The van der Waals surface area contributed by atoms with Gasteiger partial charge in [0.25, 0.3) is 0 Å². The lowest BCUT2D eigenvalue weighted by molar-refractivity contribution is 0.415. The van der Waals surface area contributed by atoms with Gasteiger partial charge in [0, 0.05) is 11.1 Å². The molecule has 0 aliphatic rings. The molecule has 3 heteroatoms. The van der Waals surface area contributed by atoms with Crippen molar-refractivity contribution in [2.24, 2.45) is 0 Å². The third-order valence-corrected chi connectivity index (χ3v) is 2.27. The van der Waals surface area contributed by atoms with E-state index in [0.717, 1.165) is 22.2 Å². The van der Waals surface area contributed by atoms with Crippen LogP contribution in [-0.2, 0) is 0 Å². The second-order valence-corrected chi connectivity index (χ2v) is 3.31. The van der Waals surface area contributed by atoms with Crippen LogP contribution in [0.2, 0.25) is 0 Å². The number of benzene rings is 1.